The van der Waals surface area contributed by atoms with Crippen molar-refractivity contribution < 1.29 is 9.59 Å². The second kappa shape index (κ2) is 10.0. The molecule has 0 bridgehead atoms. The molecular formula is C27H35N3O2. The fourth-order valence-corrected chi connectivity index (χ4v) is 3.86. The van der Waals surface area contributed by atoms with Crippen LogP contribution in [0.1, 0.15) is 45.7 Å². The summed E-state index contributed by atoms with van der Waals surface area (Å²) in [7, 11) is 0. The summed E-state index contributed by atoms with van der Waals surface area (Å²) < 4.78 is 0. The van der Waals surface area contributed by atoms with E-state index >= 15 is 0 Å². The van der Waals surface area contributed by atoms with Crippen molar-refractivity contribution in [2.45, 2.75) is 53.6 Å². The highest BCUT2D eigenvalue weighted by Gasteiger charge is 2.31. The number of benzene rings is 2. The van der Waals surface area contributed by atoms with Gasteiger partial charge in [-0.05, 0) is 37.5 Å². The second-order valence-corrected chi connectivity index (χ2v) is 9.69. The molecule has 0 unspecified atom stereocenters. The standard InChI is InChI=1S/C27H35N3O2/c1-20(2)30(26(32)27(3,4)5)19-25(31)29(18-21-11-7-6-8-12-21)16-15-22-17-28-24-14-10-9-13-23(22)24/h6-14,17,20,28H,15-16,18-19H2,1-5H3. The van der Waals surface area contributed by atoms with E-state index in [4.69, 9.17) is 0 Å². The van der Waals surface area contributed by atoms with Gasteiger partial charge in [-0.1, -0.05) is 69.3 Å². The number of aromatic amines is 1. The van der Waals surface area contributed by atoms with Gasteiger partial charge >= 0.3 is 0 Å². The van der Waals surface area contributed by atoms with Gasteiger partial charge in [0, 0.05) is 41.6 Å². The Kier molecular flexibility index (Phi) is 7.39. The number of amides is 2. The maximum absolute atomic E-state index is 13.4. The average Bonchev–Trinajstić information content (AvgIpc) is 3.17. The summed E-state index contributed by atoms with van der Waals surface area (Å²) in [6.45, 7) is 10.8. The van der Waals surface area contributed by atoms with E-state index in [-0.39, 0.29) is 24.4 Å². The second-order valence-electron chi connectivity index (χ2n) is 9.69. The zero-order valence-corrected chi connectivity index (χ0v) is 19.9. The first kappa shape index (κ1) is 23.6. The van der Waals surface area contributed by atoms with Crippen molar-refractivity contribution >= 4 is 22.7 Å². The van der Waals surface area contributed by atoms with Gasteiger partial charge in [-0.2, -0.15) is 0 Å². The van der Waals surface area contributed by atoms with E-state index in [2.05, 4.69) is 17.1 Å². The normalized spacial score (nSPS) is 11.7. The van der Waals surface area contributed by atoms with Crippen LogP contribution < -0.4 is 0 Å². The maximum Gasteiger partial charge on any atom is 0.242 e. The number of carbonyl (C=O) groups is 2. The van der Waals surface area contributed by atoms with Crippen molar-refractivity contribution in [2.24, 2.45) is 5.41 Å². The van der Waals surface area contributed by atoms with Crippen molar-refractivity contribution in [1.82, 2.24) is 14.8 Å². The van der Waals surface area contributed by atoms with Gasteiger partial charge in [0.1, 0.15) is 6.54 Å². The number of H-pyrrole nitrogens is 1. The molecular weight excluding hydrogens is 398 g/mol. The highest BCUT2D eigenvalue weighted by atomic mass is 16.2. The lowest BCUT2D eigenvalue weighted by Crippen LogP contribution is -2.49. The quantitative estimate of drug-likeness (QED) is 0.542. The fraction of sp³-hybridized carbons (Fsp3) is 0.407. The Morgan fingerprint density at radius 3 is 2.28 bits per heavy atom. The summed E-state index contributed by atoms with van der Waals surface area (Å²) >= 11 is 0. The van der Waals surface area contributed by atoms with E-state index in [0.717, 1.165) is 17.5 Å². The lowest BCUT2D eigenvalue weighted by Gasteiger charge is -2.34. The number of hydrogen-bond acceptors (Lipinski definition) is 2. The first-order chi connectivity index (χ1) is 15.2. The first-order valence-corrected chi connectivity index (χ1v) is 11.3. The number of para-hydroxylation sites is 1. The zero-order valence-electron chi connectivity index (χ0n) is 19.9. The Bertz CT molecular complexity index is 1050. The molecule has 2 amide bonds. The van der Waals surface area contributed by atoms with E-state index < -0.39 is 5.41 Å². The minimum absolute atomic E-state index is 0.00265. The number of hydrogen-bond donors (Lipinski definition) is 1. The van der Waals surface area contributed by atoms with Gasteiger partial charge in [0.15, 0.2) is 0 Å². The van der Waals surface area contributed by atoms with Crippen LogP contribution in [0.15, 0.2) is 60.8 Å². The number of carbonyl (C=O) groups excluding carboxylic acids is 2. The van der Waals surface area contributed by atoms with Gasteiger partial charge in [0.25, 0.3) is 0 Å². The lowest BCUT2D eigenvalue weighted by molar-refractivity contribution is -0.147. The molecule has 5 heteroatoms. The highest BCUT2D eigenvalue weighted by Crippen LogP contribution is 2.21. The predicted molar refractivity (Wildman–Crippen MR) is 130 cm³/mol. The monoisotopic (exact) mass is 433 g/mol. The molecule has 1 aromatic heterocycles. The highest BCUT2D eigenvalue weighted by molar-refractivity contribution is 5.88. The van der Waals surface area contributed by atoms with Crippen LogP contribution in [0.25, 0.3) is 10.9 Å². The molecule has 0 spiro atoms. The largest absolute Gasteiger partial charge is 0.361 e. The van der Waals surface area contributed by atoms with E-state index in [0.29, 0.717) is 13.1 Å². The molecule has 0 fully saturated rings. The van der Waals surface area contributed by atoms with Crippen molar-refractivity contribution in [2.75, 3.05) is 13.1 Å². The van der Waals surface area contributed by atoms with Gasteiger partial charge in [-0.15, -0.1) is 0 Å². The third kappa shape index (κ3) is 5.78. The smallest absolute Gasteiger partial charge is 0.242 e. The zero-order chi connectivity index (χ0) is 23.3. The van der Waals surface area contributed by atoms with Crippen molar-refractivity contribution in [3.05, 3.63) is 71.9 Å². The molecule has 170 valence electrons. The number of nitrogens with one attached hydrogen (secondary N) is 1. The Balaban J connectivity index is 1.79. The van der Waals surface area contributed by atoms with E-state index in [1.54, 1.807) is 4.90 Å². The Morgan fingerprint density at radius 1 is 0.969 bits per heavy atom. The predicted octanol–water partition coefficient (Wildman–Crippen LogP) is 5.02. The minimum atomic E-state index is -0.529. The van der Waals surface area contributed by atoms with E-state index in [1.807, 2.05) is 88.2 Å². The molecule has 32 heavy (non-hydrogen) atoms. The number of nitrogens with zero attached hydrogens (tertiary/aromatic N) is 2. The SMILES string of the molecule is CC(C)N(CC(=O)N(CCc1c[nH]c2ccccc12)Cc1ccccc1)C(=O)C(C)(C)C. The molecule has 0 atom stereocenters. The molecule has 0 aliphatic carbocycles. The Hall–Kier alpha value is -3.08. The Morgan fingerprint density at radius 2 is 1.62 bits per heavy atom. The topological polar surface area (TPSA) is 56.4 Å². The van der Waals surface area contributed by atoms with Crippen LogP contribution in [0.4, 0.5) is 0 Å². The molecule has 0 saturated heterocycles. The van der Waals surface area contributed by atoms with Crippen LogP contribution in [-0.4, -0.2) is 45.7 Å². The van der Waals surface area contributed by atoms with E-state index in [9.17, 15) is 9.59 Å². The van der Waals surface area contributed by atoms with Gasteiger partial charge < -0.3 is 14.8 Å². The molecule has 0 aliphatic heterocycles. The maximum atomic E-state index is 13.4. The van der Waals surface area contributed by atoms with Crippen LogP contribution in [0.3, 0.4) is 0 Å². The molecule has 0 aliphatic rings. The molecule has 2 aromatic carbocycles. The minimum Gasteiger partial charge on any atom is -0.361 e. The average molecular weight is 434 g/mol. The third-order valence-electron chi connectivity index (χ3n) is 5.73. The molecule has 0 saturated carbocycles. The number of aromatic nitrogens is 1. The summed E-state index contributed by atoms with van der Waals surface area (Å²) in [6.07, 6.45) is 2.77. The van der Waals surface area contributed by atoms with Crippen LogP contribution in [-0.2, 0) is 22.6 Å². The molecule has 0 radical (unpaired) electrons. The van der Waals surface area contributed by atoms with Crippen LogP contribution in [0.2, 0.25) is 0 Å². The molecule has 3 rings (SSSR count). The number of rotatable bonds is 8. The van der Waals surface area contributed by atoms with Crippen LogP contribution in [0, 0.1) is 5.41 Å². The van der Waals surface area contributed by atoms with Crippen LogP contribution in [0.5, 0.6) is 0 Å². The van der Waals surface area contributed by atoms with Crippen molar-refractivity contribution in [3.8, 4) is 0 Å². The number of fused-ring (bicyclic) bond motifs is 1. The third-order valence-corrected chi connectivity index (χ3v) is 5.73. The summed E-state index contributed by atoms with van der Waals surface area (Å²) in [4.78, 5) is 33.3. The van der Waals surface area contributed by atoms with Gasteiger partial charge in [0.05, 0.1) is 0 Å². The summed E-state index contributed by atoms with van der Waals surface area (Å²) in [6, 6.07) is 18.2. The van der Waals surface area contributed by atoms with E-state index in [1.165, 1.54) is 10.9 Å². The first-order valence-electron chi connectivity index (χ1n) is 11.3. The molecule has 1 heterocycles. The molecule has 3 aromatic rings. The summed E-state index contributed by atoms with van der Waals surface area (Å²) in [5.41, 5.74) is 2.85. The summed E-state index contributed by atoms with van der Waals surface area (Å²) in [5.74, 6) is -0.0304. The van der Waals surface area contributed by atoms with Crippen LogP contribution >= 0.6 is 0 Å². The Labute approximate surface area is 191 Å². The van der Waals surface area contributed by atoms with Crippen molar-refractivity contribution in [3.63, 3.8) is 0 Å². The lowest BCUT2D eigenvalue weighted by atomic mass is 9.94. The fourth-order valence-electron chi connectivity index (χ4n) is 3.86. The molecule has 5 nitrogen and oxygen atoms in total. The van der Waals surface area contributed by atoms with Gasteiger partial charge in [0.2, 0.25) is 11.8 Å². The molecule has 1 N–H and O–H groups in total. The van der Waals surface area contributed by atoms with Gasteiger partial charge in [-0.3, -0.25) is 9.59 Å². The van der Waals surface area contributed by atoms with Gasteiger partial charge in [-0.25, -0.2) is 0 Å². The summed E-state index contributed by atoms with van der Waals surface area (Å²) in [5, 5.41) is 1.19. The van der Waals surface area contributed by atoms with Crippen molar-refractivity contribution in [1.29, 1.82) is 0 Å².